The van der Waals surface area contributed by atoms with Crippen LogP contribution >= 0.6 is 45.1 Å². The lowest BCUT2D eigenvalue weighted by Crippen LogP contribution is -2.43. The fourth-order valence-corrected chi connectivity index (χ4v) is 8.05. The van der Waals surface area contributed by atoms with Crippen molar-refractivity contribution in [3.05, 3.63) is 11.8 Å². The van der Waals surface area contributed by atoms with E-state index in [1.54, 1.807) is 10.8 Å². The van der Waals surface area contributed by atoms with Gasteiger partial charge >= 0.3 is 23.5 Å². The molecule has 0 bridgehead atoms. The van der Waals surface area contributed by atoms with Crippen molar-refractivity contribution in [2.75, 3.05) is 19.1 Å². The number of ether oxygens (including phenoxy) is 2. The van der Waals surface area contributed by atoms with Crippen molar-refractivity contribution in [2.45, 2.75) is 56.7 Å². The highest BCUT2D eigenvalue weighted by Crippen LogP contribution is 2.66. The Morgan fingerprint density at radius 3 is 2.46 bits per heavy atom. The Balaban J connectivity index is 2.16. The van der Waals surface area contributed by atoms with E-state index >= 15 is 0 Å². The van der Waals surface area contributed by atoms with E-state index in [4.69, 9.17) is 35.3 Å². The summed E-state index contributed by atoms with van der Waals surface area (Å²) in [6.45, 7) is 5.33. The van der Waals surface area contributed by atoms with Gasteiger partial charge in [-0.2, -0.15) is 8.62 Å². The molecule has 2 heterocycles. The van der Waals surface area contributed by atoms with Crippen LogP contribution in [0.25, 0.3) is 0 Å². The number of amidine groups is 1. The molecule has 1 fully saturated rings. The fraction of sp³-hybridized carbons (Fsp3) is 0.706. The van der Waals surface area contributed by atoms with Crippen LogP contribution in [-0.2, 0) is 36.3 Å². The van der Waals surface area contributed by atoms with Gasteiger partial charge in [0.1, 0.15) is 24.1 Å². The number of nitrogens with zero attached hydrogens (tertiary/aromatic N) is 2. The topological polar surface area (TPSA) is 266 Å². The van der Waals surface area contributed by atoms with Crippen LogP contribution in [0.3, 0.4) is 0 Å². The van der Waals surface area contributed by atoms with E-state index < -0.39 is 54.9 Å². The Labute approximate surface area is 232 Å². The number of aliphatic hydroxyl groups excluding tert-OH is 1. The van der Waals surface area contributed by atoms with Crippen molar-refractivity contribution in [3.63, 3.8) is 0 Å². The summed E-state index contributed by atoms with van der Waals surface area (Å²) in [7, 11) is -13.7. The molecule has 39 heavy (non-hydrogen) atoms. The minimum Gasteiger partial charge on any atom is -0.383 e. The maximum absolute atomic E-state index is 12.2. The summed E-state index contributed by atoms with van der Waals surface area (Å²) < 4.78 is 58.5. The van der Waals surface area contributed by atoms with E-state index in [1.807, 2.05) is 20.8 Å². The molecule has 0 amide bonds. The summed E-state index contributed by atoms with van der Waals surface area (Å²) in [6.07, 6.45) is -2.72. The predicted molar refractivity (Wildman–Crippen MR) is 142 cm³/mol. The van der Waals surface area contributed by atoms with Gasteiger partial charge in [0.05, 0.1) is 24.8 Å². The smallest absolute Gasteiger partial charge is 0.383 e. The van der Waals surface area contributed by atoms with E-state index in [9.17, 15) is 28.6 Å². The van der Waals surface area contributed by atoms with Crippen molar-refractivity contribution < 1.29 is 61.0 Å². The number of rotatable bonds is 12. The fourth-order valence-electron chi connectivity index (χ4n) is 3.01. The van der Waals surface area contributed by atoms with Gasteiger partial charge in [0.15, 0.2) is 0 Å². The molecule has 0 radical (unpaired) electrons. The first-order valence-corrected chi connectivity index (χ1v) is 17.7. The average Bonchev–Trinajstić information content (AvgIpc) is 3.14. The average molecular weight is 657 g/mol. The molecule has 9 N–H and O–H groups in total. The Hall–Kier alpha value is -0.480. The number of aliphatic imine (C=N–C) groups is 1. The molecule has 0 spiro atoms. The molecule has 0 aliphatic carbocycles. The van der Waals surface area contributed by atoms with Gasteiger partial charge in [0.2, 0.25) is 6.35 Å². The van der Waals surface area contributed by atoms with E-state index in [0.717, 1.165) is 0 Å². The molecule has 2 aliphatic rings. The second-order valence-corrected chi connectivity index (χ2v) is 16.2. The number of hydrogen-bond donors (Lipinski definition) is 7. The largest absolute Gasteiger partial charge is 0.490 e. The summed E-state index contributed by atoms with van der Waals surface area (Å²) in [4.78, 5) is 41.7. The lowest BCUT2D eigenvalue weighted by atomic mass is 10.1. The highest BCUT2D eigenvalue weighted by molar-refractivity contribution is 8.77. The highest BCUT2D eigenvalue weighted by Gasteiger charge is 2.45. The van der Waals surface area contributed by atoms with Gasteiger partial charge in [-0.1, -0.05) is 54.2 Å². The van der Waals surface area contributed by atoms with Gasteiger partial charge in [-0.15, -0.1) is 0 Å². The van der Waals surface area contributed by atoms with Crippen molar-refractivity contribution in [1.82, 2.24) is 4.90 Å². The molecule has 0 saturated carbocycles. The lowest BCUT2D eigenvalue weighted by molar-refractivity contribution is -0.111. The summed E-state index contributed by atoms with van der Waals surface area (Å²) in [5.41, 5.74) is 11.5. The van der Waals surface area contributed by atoms with Gasteiger partial charge in [-0.25, -0.2) is 18.7 Å². The number of phosphoric acid groups is 3. The SMILES string of the molecule is CC(C)(C)SSCOC1C[C@H](N2C=C(C#CCN)C(N)=NC2O)O[C@@H]1COP(=O)(O)OP(=O)(O)OP(=O)(O)O. The van der Waals surface area contributed by atoms with Crippen LogP contribution in [0, 0.1) is 11.8 Å². The van der Waals surface area contributed by atoms with E-state index in [-0.39, 0.29) is 35.1 Å². The molecule has 22 heteroatoms. The first kappa shape index (κ1) is 34.7. The summed E-state index contributed by atoms with van der Waals surface area (Å²) in [5.74, 6) is 5.49. The van der Waals surface area contributed by atoms with Gasteiger partial charge in [0.25, 0.3) is 0 Å². The molecular formula is C17H31N4O13P3S2. The highest BCUT2D eigenvalue weighted by atomic mass is 33.1. The zero-order valence-corrected chi connectivity index (χ0v) is 25.2. The third-order valence-corrected chi connectivity index (χ3v) is 11.2. The third kappa shape index (κ3) is 12.5. The van der Waals surface area contributed by atoms with Gasteiger partial charge in [0, 0.05) is 17.4 Å². The second-order valence-electron chi connectivity index (χ2n) is 8.74. The molecule has 4 unspecified atom stereocenters. The minimum absolute atomic E-state index is 0.0229. The quantitative estimate of drug-likeness (QED) is 0.0502. The normalized spacial score (nSPS) is 27.2. The lowest BCUT2D eigenvalue weighted by Gasteiger charge is -2.32. The Kier molecular flexibility index (Phi) is 12.6. The van der Waals surface area contributed by atoms with Crippen LogP contribution in [0.15, 0.2) is 16.8 Å². The summed E-state index contributed by atoms with van der Waals surface area (Å²) in [6, 6.07) is 0. The Morgan fingerprint density at radius 1 is 1.21 bits per heavy atom. The van der Waals surface area contributed by atoms with Crippen molar-refractivity contribution in [3.8, 4) is 11.8 Å². The maximum atomic E-state index is 12.2. The molecule has 224 valence electrons. The van der Waals surface area contributed by atoms with Crippen LogP contribution < -0.4 is 11.5 Å². The van der Waals surface area contributed by atoms with Gasteiger partial charge < -0.3 is 50.5 Å². The zero-order valence-electron chi connectivity index (χ0n) is 20.9. The maximum Gasteiger partial charge on any atom is 0.490 e. The first-order chi connectivity index (χ1) is 17.8. The number of aliphatic hydroxyl groups is 1. The van der Waals surface area contributed by atoms with Crippen molar-refractivity contribution in [1.29, 1.82) is 0 Å². The summed E-state index contributed by atoms with van der Waals surface area (Å²) >= 11 is 0. The first-order valence-electron chi connectivity index (χ1n) is 10.9. The number of nitrogens with two attached hydrogens (primary N) is 2. The number of phosphoric ester groups is 1. The van der Waals surface area contributed by atoms with Crippen LogP contribution in [0.4, 0.5) is 0 Å². The molecule has 0 aromatic rings. The number of hydrogen-bond acceptors (Lipinski definition) is 15. The standard InChI is InChI=1S/C17H31N4O13P3S2/c1-17(2,3)39-38-10-30-12-7-14(21-8-11(5-4-6-18)15(19)20-16(21)22)32-13(12)9-31-36(26,27)34-37(28,29)33-35(23,24)25/h8,12-14,16,22H,6-7,9-10,18H2,1-3H3,(H2,19,20)(H,26,27)(H,28,29)(H2,23,24,25)/t12?,13-,14-,16?/m1/s1. The van der Waals surface area contributed by atoms with Crippen LogP contribution in [0.1, 0.15) is 27.2 Å². The monoisotopic (exact) mass is 656 g/mol. The third-order valence-electron chi connectivity index (χ3n) is 4.37. The van der Waals surface area contributed by atoms with Gasteiger partial charge in [-0.05, 0) is 0 Å². The predicted octanol–water partition coefficient (Wildman–Crippen LogP) is 0.762. The van der Waals surface area contributed by atoms with Crippen LogP contribution in [0.2, 0.25) is 0 Å². The zero-order chi connectivity index (χ0) is 29.6. The van der Waals surface area contributed by atoms with Gasteiger partial charge in [-0.3, -0.25) is 4.52 Å². The van der Waals surface area contributed by atoms with Crippen LogP contribution in [0.5, 0.6) is 0 Å². The van der Waals surface area contributed by atoms with Crippen molar-refractivity contribution >= 4 is 50.9 Å². The molecular weight excluding hydrogens is 625 g/mol. The van der Waals surface area contributed by atoms with E-state index in [0.29, 0.717) is 0 Å². The second kappa shape index (κ2) is 14.1. The summed E-state index contributed by atoms with van der Waals surface area (Å²) in [5, 5.41) is 10.4. The van der Waals surface area contributed by atoms with Crippen LogP contribution in [-0.4, -0.2) is 84.0 Å². The Bertz CT molecular complexity index is 1140. The molecule has 1 saturated heterocycles. The molecule has 2 aliphatic heterocycles. The van der Waals surface area contributed by atoms with Crippen molar-refractivity contribution in [2.24, 2.45) is 16.5 Å². The molecule has 0 aromatic carbocycles. The minimum atomic E-state index is -5.69. The van der Waals surface area contributed by atoms with E-state index in [1.165, 1.54) is 21.9 Å². The molecule has 6 atom stereocenters. The van der Waals surface area contributed by atoms with E-state index in [2.05, 4.69) is 25.5 Å². The molecule has 0 aromatic heterocycles. The Morgan fingerprint density at radius 2 is 1.87 bits per heavy atom. The molecule has 2 rings (SSSR count). The molecule has 17 nitrogen and oxygen atoms in total.